The van der Waals surface area contributed by atoms with Crippen molar-refractivity contribution in [3.05, 3.63) is 114 Å². The van der Waals surface area contributed by atoms with Crippen LogP contribution in [0.25, 0.3) is 42.7 Å². The summed E-state index contributed by atoms with van der Waals surface area (Å²) in [5.74, 6) is 1.07. The van der Waals surface area contributed by atoms with Crippen LogP contribution in [0.3, 0.4) is 0 Å². The van der Waals surface area contributed by atoms with Gasteiger partial charge in [-0.25, -0.2) is 4.39 Å². The van der Waals surface area contributed by atoms with E-state index in [1.54, 1.807) is 17.4 Å². The summed E-state index contributed by atoms with van der Waals surface area (Å²) >= 11 is 1.61. The van der Waals surface area contributed by atoms with Crippen LogP contribution >= 0.6 is 11.3 Å². The summed E-state index contributed by atoms with van der Waals surface area (Å²) < 4.78 is 15.6. The second-order valence-electron chi connectivity index (χ2n) is 13.3. The Kier molecular flexibility index (Phi) is 11.6. The van der Waals surface area contributed by atoms with E-state index in [-0.39, 0.29) is 25.9 Å². The van der Waals surface area contributed by atoms with Crippen LogP contribution in [0.5, 0.6) is 0 Å². The van der Waals surface area contributed by atoms with Gasteiger partial charge < -0.3 is 9.97 Å². The van der Waals surface area contributed by atoms with Gasteiger partial charge in [0.2, 0.25) is 0 Å². The molecule has 0 unspecified atom stereocenters. The minimum atomic E-state index is -1.34. The molecule has 45 heavy (non-hydrogen) atoms. The molecule has 6 aromatic rings. The van der Waals surface area contributed by atoms with Gasteiger partial charge in [0.1, 0.15) is 5.82 Å². The van der Waals surface area contributed by atoms with Gasteiger partial charge in [0, 0.05) is 37.2 Å². The monoisotopic (exact) mass is 809 g/mol. The Morgan fingerprint density at radius 1 is 0.800 bits per heavy atom. The summed E-state index contributed by atoms with van der Waals surface area (Å²) in [5.41, 5.74) is 6.82. The summed E-state index contributed by atoms with van der Waals surface area (Å²) in [6.07, 6.45) is 6.14. The fraction of sp³-hybridized carbons (Fsp3) is 0.282. The van der Waals surface area contributed by atoms with Gasteiger partial charge in [0.05, 0.1) is 8.07 Å². The first-order valence-corrected chi connectivity index (χ1v) is 19.8. The summed E-state index contributed by atoms with van der Waals surface area (Å²) in [5, 5.41) is 3.72. The number of fused-ring (bicyclic) bond motifs is 3. The van der Waals surface area contributed by atoms with Crippen molar-refractivity contribution in [1.82, 2.24) is 9.97 Å². The van der Waals surface area contributed by atoms with E-state index in [2.05, 4.69) is 99.9 Å². The van der Waals surface area contributed by atoms with Gasteiger partial charge in [-0.1, -0.05) is 82.0 Å². The van der Waals surface area contributed by atoms with Crippen LogP contribution in [0.4, 0.5) is 4.39 Å². The standard InChI is InChI=1S/C21H17FNS.C18H24NSi.Ir/c1-13(2)10-14-8-9-23-19(11-14)18-5-3-4-17-16-7-6-15(22)12-20(16)24-21(17)18;1-14(2)11-16-12-17(15-9-7-6-8-10-15)19-13-18(16)20(3,4)5;/h3-4,6-9,11-13H,10H2,1-2H3;6-9,12-14H,11H2,1-5H3;/q2*-1;. The van der Waals surface area contributed by atoms with Crippen LogP contribution in [0.2, 0.25) is 19.6 Å². The zero-order valence-corrected chi connectivity index (χ0v) is 31.4. The normalized spacial score (nSPS) is 11.5. The molecule has 0 spiro atoms. The second kappa shape index (κ2) is 15.0. The Bertz CT molecular complexity index is 1880. The molecule has 3 aromatic heterocycles. The molecule has 3 heterocycles. The molecular weight excluding hydrogens is 768 g/mol. The molecule has 0 amide bonds. The van der Waals surface area contributed by atoms with E-state index < -0.39 is 8.07 Å². The molecule has 6 rings (SSSR count). The Morgan fingerprint density at radius 2 is 1.58 bits per heavy atom. The van der Waals surface area contributed by atoms with Gasteiger partial charge in [0.15, 0.2) is 0 Å². The quantitative estimate of drug-likeness (QED) is 0.119. The predicted molar refractivity (Wildman–Crippen MR) is 190 cm³/mol. The minimum absolute atomic E-state index is 0. The first-order chi connectivity index (χ1) is 21.0. The second-order valence-corrected chi connectivity index (χ2v) is 19.4. The average Bonchev–Trinajstić information content (AvgIpc) is 3.34. The number of halogens is 1. The topological polar surface area (TPSA) is 25.8 Å². The number of nitrogens with zero attached hydrogens (tertiary/aromatic N) is 2. The number of benzene rings is 3. The Balaban J connectivity index is 0.000000204. The maximum atomic E-state index is 13.5. The zero-order valence-electron chi connectivity index (χ0n) is 27.2. The largest absolute Gasteiger partial charge is 0.305 e. The number of rotatable bonds is 7. The summed E-state index contributed by atoms with van der Waals surface area (Å²) in [6.45, 7) is 16.2. The van der Waals surface area contributed by atoms with Crippen molar-refractivity contribution in [3.63, 3.8) is 0 Å². The van der Waals surface area contributed by atoms with E-state index >= 15 is 0 Å². The number of aromatic nitrogens is 2. The molecule has 3 aromatic carbocycles. The van der Waals surface area contributed by atoms with Crippen molar-refractivity contribution < 1.29 is 24.5 Å². The van der Waals surface area contributed by atoms with E-state index in [4.69, 9.17) is 0 Å². The summed E-state index contributed by atoms with van der Waals surface area (Å²) in [4.78, 5) is 9.24. The summed E-state index contributed by atoms with van der Waals surface area (Å²) in [7, 11) is -1.34. The van der Waals surface area contributed by atoms with E-state index in [0.29, 0.717) is 11.8 Å². The molecule has 0 saturated carbocycles. The van der Waals surface area contributed by atoms with Gasteiger partial charge in [-0.2, -0.15) is 11.3 Å². The van der Waals surface area contributed by atoms with Crippen LogP contribution < -0.4 is 5.19 Å². The van der Waals surface area contributed by atoms with Crippen LogP contribution in [0.15, 0.2) is 85.2 Å². The Morgan fingerprint density at radius 3 is 2.27 bits per heavy atom. The fourth-order valence-corrected chi connectivity index (χ4v) is 8.42. The Hall–Kier alpha value is -3.02. The van der Waals surface area contributed by atoms with E-state index in [1.165, 1.54) is 22.4 Å². The van der Waals surface area contributed by atoms with Crippen molar-refractivity contribution in [3.8, 4) is 22.5 Å². The molecule has 0 bridgehead atoms. The van der Waals surface area contributed by atoms with Crippen LogP contribution in [-0.4, -0.2) is 18.0 Å². The molecule has 2 nitrogen and oxygen atoms in total. The molecular formula is C39H41FIrN2SSi-2. The first kappa shape index (κ1) is 34.8. The van der Waals surface area contributed by atoms with Crippen molar-refractivity contribution in [2.45, 2.75) is 60.2 Å². The van der Waals surface area contributed by atoms with E-state index in [1.807, 2.05) is 42.6 Å². The van der Waals surface area contributed by atoms with Gasteiger partial charge >= 0.3 is 0 Å². The molecule has 0 aliphatic carbocycles. The van der Waals surface area contributed by atoms with Crippen LogP contribution in [0, 0.1) is 29.8 Å². The molecule has 0 N–H and O–H groups in total. The molecule has 235 valence electrons. The maximum Gasteiger partial charge on any atom is 0.124 e. The molecule has 0 aliphatic rings. The maximum absolute atomic E-state index is 13.5. The van der Waals surface area contributed by atoms with Crippen molar-refractivity contribution in [1.29, 1.82) is 0 Å². The van der Waals surface area contributed by atoms with Crippen molar-refractivity contribution >= 4 is 44.8 Å². The van der Waals surface area contributed by atoms with Gasteiger partial charge in [0.25, 0.3) is 0 Å². The average molecular weight is 809 g/mol. The van der Waals surface area contributed by atoms with Gasteiger partial charge in [-0.3, -0.25) is 0 Å². The fourth-order valence-electron chi connectivity index (χ4n) is 5.60. The third kappa shape index (κ3) is 8.62. The summed E-state index contributed by atoms with van der Waals surface area (Å²) in [6, 6.07) is 30.1. The molecule has 0 saturated heterocycles. The molecule has 6 heteroatoms. The number of pyridine rings is 2. The third-order valence-electron chi connectivity index (χ3n) is 7.53. The van der Waals surface area contributed by atoms with Crippen molar-refractivity contribution in [2.24, 2.45) is 11.8 Å². The van der Waals surface area contributed by atoms with Gasteiger partial charge in [-0.15, -0.1) is 59.7 Å². The number of thiophene rings is 1. The molecule has 0 fully saturated rings. The van der Waals surface area contributed by atoms with E-state index in [9.17, 15) is 4.39 Å². The zero-order chi connectivity index (χ0) is 31.4. The number of hydrogen-bond donors (Lipinski definition) is 0. The third-order valence-corrected chi connectivity index (χ3v) is 10.8. The Labute approximate surface area is 286 Å². The van der Waals surface area contributed by atoms with Crippen LogP contribution in [-0.2, 0) is 32.9 Å². The predicted octanol–water partition coefficient (Wildman–Crippen LogP) is 10.5. The van der Waals surface area contributed by atoms with E-state index in [0.717, 1.165) is 55.5 Å². The minimum Gasteiger partial charge on any atom is -0.305 e. The van der Waals surface area contributed by atoms with Crippen LogP contribution in [0.1, 0.15) is 38.8 Å². The number of hydrogen-bond acceptors (Lipinski definition) is 3. The molecule has 1 radical (unpaired) electrons. The van der Waals surface area contributed by atoms with Gasteiger partial charge in [-0.05, 0) is 69.5 Å². The smallest absolute Gasteiger partial charge is 0.124 e. The van der Waals surface area contributed by atoms with Crippen molar-refractivity contribution in [2.75, 3.05) is 0 Å². The molecule has 0 aliphatic heterocycles. The SMILES string of the molecule is CC(C)Cc1cc(-c2[c-]cccc2)ncc1[Si](C)(C)C.CC(C)Cc1ccnc(-c2[c-]ccc3c2sc2cc(F)ccc23)c1.[Ir]. The first-order valence-electron chi connectivity index (χ1n) is 15.4. The molecule has 0 atom stereocenters.